The Morgan fingerprint density at radius 3 is 2.45 bits per heavy atom. The van der Waals surface area contributed by atoms with Gasteiger partial charge >= 0.3 is 18.2 Å². The molecule has 1 aliphatic carbocycles. The van der Waals surface area contributed by atoms with Crippen molar-refractivity contribution in [2.75, 3.05) is 13.1 Å². The molecule has 1 saturated carbocycles. The van der Waals surface area contributed by atoms with E-state index in [9.17, 15) is 38.1 Å². The summed E-state index contributed by atoms with van der Waals surface area (Å²) in [5.74, 6) is -3.13. The van der Waals surface area contributed by atoms with Crippen LogP contribution in [0, 0.1) is 11.3 Å². The number of aliphatic carboxylic acids is 1. The Morgan fingerprint density at radius 2 is 1.85 bits per heavy atom. The summed E-state index contributed by atoms with van der Waals surface area (Å²) in [4.78, 5) is 29.7. The maximum Gasteiger partial charge on any atom is 0.390 e. The molecule has 0 aromatic heterocycles. The second kappa shape index (κ2) is 12.8. The predicted octanol–water partition coefficient (Wildman–Crippen LogP) is 4.18. The van der Waals surface area contributed by atoms with E-state index in [1.807, 2.05) is 0 Å². The first-order chi connectivity index (χ1) is 18.7. The zero-order chi connectivity index (χ0) is 29.6. The first kappa shape index (κ1) is 30.4. The smallest absolute Gasteiger partial charge is 0.390 e. The third-order valence-corrected chi connectivity index (χ3v) is 6.36. The van der Waals surface area contributed by atoms with Crippen LogP contribution >= 0.6 is 11.6 Å². The van der Waals surface area contributed by atoms with E-state index >= 15 is 0 Å². The molecule has 2 aromatic rings. The Bertz CT molecular complexity index is 1330. The number of nitrogens with one attached hydrogen (secondary N) is 2. The molecule has 1 aliphatic rings. The molecular formula is C26H27ClF3N5O5. The highest BCUT2D eigenvalue weighted by atomic mass is 35.5. The summed E-state index contributed by atoms with van der Waals surface area (Å²) in [5, 5.41) is 40.5. The largest absolute Gasteiger partial charge is 0.508 e. The normalized spacial score (nSPS) is 19.7. The molecule has 10 nitrogen and oxygen atoms in total. The SMILES string of the molecule is N=C(c1ccc(O)cc1)N(CCC(F)(F)F)C(=O)NC/C(N)=C1\CC(C(=O)O)C(O)CC1=Nc1cccc(Cl)c1. The standard InChI is InChI=1S/C26H27ClF3N5O5/c27-15-2-1-3-16(10-15)34-21-12-22(37)19(24(38)39)11-18(21)20(31)13-33-25(40)35(9-8-26(28,29)30)23(32)14-4-6-17(36)7-5-14/h1-7,10,19,22,32,36-37H,8-9,11-13,31H2,(H,33,40)(H,38,39)/b20-18-,32-23?,34-21?. The fraction of sp³-hybridized carbons (Fsp3) is 0.308. The number of halogens is 4. The first-order valence-electron chi connectivity index (χ1n) is 12.0. The lowest BCUT2D eigenvalue weighted by Crippen LogP contribution is -2.46. The molecule has 0 heterocycles. The van der Waals surface area contributed by atoms with Crippen LogP contribution in [0.2, 0.25) is 5.02 Å². The Hall–Kier alpha value is -4.10. The van der Waals surface area contributed by atoms with Crippen molar-refractivity contribution in [2.24, 2.45) is 16.6 Å². The summed E-state index contributed by atoms with van der Waals surface area (Å²) in [6.45, 7) is -1.27. The number of aliphatic hydroxyl groups excluding tert-OH is 1. The number of nitrogens with two attached hydrogens (primary N) is 1. The van der Waals surface area contributed by atoms with Crippen LogP contribution in [0.15, 0.2) is 64.8 Å². The maximum absolute atomic E-state index is 13.0. The number of aromatic hydroxyl groups is 1. The van der Waals surface area contributed by atoms with Crippen molar-refractivity contribution in [3.05, 3.63) is 70.4 Å². The van der Waals surface area contributed by atoms with Crippen molar-refractivity contribution in [1.29, 1.82) is 5.41 Å². The number of carbonyl (C=O) groups is 2. The number of aliphatic hydroxyl groups is 1. The van der Waals surface area contributed by atoms with Crippen LogP contribution < -0.4 is 11.1 Å². The fourth-order valence-electron chi connectivity index (χ4n) is 4.02. The highest BCUT2D eigenvalue weighted by Gasteiger charge is 2.36. The molecule has 214 valence electrons. The topological polar surface area (TPSA) is 172 Å². The number of benzene rings is 2. The summed E-state index contributed by atoms with van der Waals surface area (Å²) >= 11 is 6.02. The third-order valence-electron chi connectivity index (χ3n) is 6.12. The number of alkyl halides is 3. The number of allylic oxidation sites excluding steroid dienone is 1. The van der Waals surface area contributed by atoms with E-state index in [1.54, 1.807) is 24.3 Å². The van der Waals surface area contributed by atoms with Crippen LogP contribution in [-0.4, -0.2) is 69.1 Å². The van der Waals surface area contributed by atoms with Crippen LogP contribution in [0.1, 0.15) is 24.8 Å². The first-order valence-corrected chi connectivity index (χ1v) is 12.3. The van der Waals surface area contributed by atoms with Crippen molar-refractivity contribution in [3.63, 3.8) is 0 Å². The molecule has 1 fully saturated rings. The molecule has 3 rings (SSSR count). The molecule has 0 aliphatic heterocycles. The second-order valence-electron chi connectivity index (χ2n) is 9.03. The van der Waals surface area contributed by atoms with Gasteiger partial charge in [0.25, 0.3) is 0 Å². The summed E-state index contributed by atoms with van der Waals surface area (Å²) in [6.07, 6.45) is -7.61. The number of phenols is 1. The minimum atomic E-state index is -4.60. The molecule has 7 N–H and O–H groups in total. The van der Waals surface area contributed by atoms with Gasteiger partial charge in [0.05, 0.1) is 30.7 Å². The number of hydrogen-bond acceptors (Lipinski definition) is 7. The van der Waals surface area contributed by atoms with E-state index < -0.39 is 55.5 Å². The molecule has 2 unspecified atom stereocenters. The van der Waals surface area contributed by atoms with Gasteiger partial charge in [-0.3, -0.25) is 20.1 Å². The number of carboxylic acid groups (broad SMARTS) is 1. The van der Waals surface area contributed by atoms with Gasteiger partial charge in [-0.2, -0.15) is 13.2 Å². The lowest BCUT2D eigenvalue weighted by Gasteiger charge is -2.29. The highest BCUT2D eigenvalue weighted by Crippen LogP contribution is 2.31. The number of hydrogen-bond donors (Lipinski definition) is 6. The minimum Gasteiger partial charge on any atom is -0.508 e. The van der Waals surface area contributed by atoms with E-state index in [4.69, 9.17) is 22.7 Å². The van der Waals surface area contributed by atoms with Gasteiger partial charge in [-0.15, -0.1) is 0 Å². The van der Waals surface area contributed by atoms with Gasteiger partial charge < -0.3 is 26.4 Å². The van der Waals surface area contributed by atoms with Crippen molar-refractivity contribution in [1.82, 2.24) is 10.2 Å². The zero-order valence-corrected chi connectivity index (χ0v) is 21.7. The Labute approximate surface area is 232 Å². The second-order valence-corrected chi connectivity index (χ2v) is 9.47. The Morgan fingerprint density at radius 1 is 1.18 bits per heavy atom. The molecule has 14 heteroatoms. The summed E-state index contributed by atoms with van der Waals surface area (Å²) in [6, 6.07) is 10.4. The van der Waals surface area contributed by atoms with Crippen LogP contribution in [0.5, 0.6) is 5.75 Å². The third kappa shape index (κ3) is 8.20. The average Bonchev–Trinajstić information content (AvgIpc) is 2.87. The van der Waals surface area contributed by atoms with Gasteiger partial charge in [0.1, 0.15) is 11.6 Å². The van der Waals surface area contributed by atoms with Gasteiger partial charge in [-0.1, -0.05) is 17.7 Å². The molecule has 0 bridgehead atoms. The van der Waals surface area contributed by atoms with Gasteiger partial charge in [-0.05, 0) is 54.5 Å². The van der Waals surface area contributed by atoms with Crippen LogP contribution in [-0.2, 0) is 4.79 Å². The number of amides is 2. The van der Waals surface area contributed by atoms with Crippen molar-refractivity contribution < 1.29 is 38.1 Å². The maximum atomic E-state index is 13.0. The monoisotopic (exact) mass is 581 g/mol. The van der Waals surface area contributed by atoms with Crippen LogP contribution in [0.4, 0.5) is 23.7 Å². The highest BCUT2D eigenvalue weighted by molar-refractivity contribution is 6.30. The number of amidine groups is 1. The van der Waals surface area contributed by atoms with Crippen molar-refractivity contribution in [2.45, 2.75) is 31.5 Å². The van der Waals surface area contributed by atoms with Crippen LogP contribution in [0.25, 0.3) is 0 Å². The van der Waals surface area contributed by atoms with E-state index in [2.05, 4.69) is 10.3 Å². The molecule has 2 amide bonds. The quantitative estimate of drug-likeness (QED) is 0.211. The molecule has 0 radical (unpaired) electrons. The Kier molecular flexibility index (Phi) is 9.77. The minimum absolute atomic E-state index is 0.0146. The molecule has 40 heavy (non-hydrogen) atoms. The van der Waals surface area contributed by atoms with E-state index in [-0.39, 0.29) is 41.1 Å². The van der Waals surface area contributed by atoms with E-state index in [0.29, 0.717) is 15.6 Å². The summed E-state index contributed by atoms with van der Waals surface area (Å²) in [5.41, 5.74) is 7.24. The fourth-order valence-corrected chi connectivity index (χ4v) is 4.21. The molecule has 0 saturated heterocycles. The number of phenolic OH excluding ortho intramolecular Hbond substituents is 1. The average molecular weight is 582 g/mol. The van der Waals surface area contributed by atoms with E-state index in [0.717, 1.165) is 0 Å². The molecule has 2 aromatic carbocycles. The number of urea groups is 1. The van der Waals surface area contributed by atoms with Crippen LogP contribution in [0.3, 0.4) is 0 Å². The predicted molar refractivity (Wildman–Crippen MR) is 142 cm³/mol. The van der Waals surface area contributed by atoms with Gasteiger partial charge in [-0.25, -0.2) is 4.79 Å². The molecule has 0 spiro atoms. The van der Waals surface area contributed by atoms with Gasteiger partial charge in [0.15, 0.2) is 0 Å². The van der Waals surface area contributed by atoms with Gasteiger partial charge in [0.2, 0.25) is 0 Å². The van der Waals surface area contributed by atoms with Crippen molar-refractivity contribution in [3.8, 4) is 5.75 Å². The number of aliphatic imine (C=N–C) groups is 1. The Balaban J connectivity index is 1.88. The zero-order valence-electron chi connectivity index (χ0n) is 21.0. The van der Waals surface area contributed by atoms with Gasteiger partial charge in [0, 0.05) is 35.0 Å². The number of carbonyl (C=O) groups excluding carboxylic acids is 1. The number of nitrogens with zero attached hydrogens (tertiary/aromatic N) is 2. The lowest BCUT2D eigenvalue weighted by molar-refractivity contribution is -0.145. The lowest BCUT2D eigenvalue weighted by atomic mass is 9.80. The number of carboxylic acids is 1. The molecule has 2 atom stereocenters. The molecular weight excluding hydrogens is 555 g/mol. The van der Waals surface area contributed by atoms with Crippen molar-refractivity contribution >= 4 is 40.8 Å². The summed E-state index contributed by atoms with van der Waals surface area (Å²) < 4.78 is 38.9. The van der Waals surface area contributed by atoms with E-state index in [1.165, 1.54) is 24.3 Å². The number of rotatable bonds is 7. The summed E-state index contributed by atoms with van der Waals surface area (Å²) in [7, 11) is 0.